The summed E-state index contributed by atoms with van der Waals surface area (Å²) in [6.45, 7) is 1.82. The van der Waals surface area contributed by atoms with Gasteiger partial charge >= 0.3 is 0 Å². The van der Waals surface area contributed by atoms with Crippen LogP contribution in [0, 0.1) is 6.92 Å². The molecule has 1 rings (SSSR count). The number of aryl methyl sites for hydroxylation is 1. The maximum absolute atomic E-state index is 10.4. The van der Waals surface area contributed by atoms with Gasteiger partial charge in [-0.2, -0.15) is 0 Å². The Bertz CT molecular complexity index is 338. The molecule has 5 heteroatoms. The van der Waals surface area contributed by atoms with Crippen LogP contribution in [0.15, 0.2) is 29.2 Å². The van der Waals surface area contributed by atoms with E-state index in [0.29, 0.717) is 0 Å². The van der Waals surface area contributed by atoms with Crippen molar-refractivity contribution in [1.29, 1.82) is 0 Å². The molecule has 4 nitrogen and oxygen atoms in total. The van der Waals surface area contributed by atoms with E-state index >= 15 is 0 Å². The third-order valence-electron chi connectivity index (χ3n) is 1.31. The minimum absolute atomic E-state index is 0. The summed E-state index contributed by atoms with van der Waals surface area (Å²) < 4.78 is 31.2. The second-order valence-electron chi connectivity index (χ2n) is 2.27. The molecule has 0 aliphatic rings. The van der Waals surface area contributed by atoms with Crippen molar-refractivity contribution in [1.82, 2.24) is 0 Å². The summed E-state index contributed by atoms with van der Waals surface area (Å²) in [6, 6.07) is 5.78. The molecule has 0 fully saturated rings. The van der Waals surface area contributed by atoms with Crippen molar-refractivity contribution in [2.75, 3.05) is 0 Å². The van der Waals surface area contributed by atoms with Gasteiger partial charge < -0.3 is 10.0 Å². The van der Waals surface area contributed by atoms with Crippen LogP contribution >= 0.6 is 0 Å². The molecule has 0 heterocycles. The van der Waals surface area contributed by atoms with Gasteiger partial charge in [-0.15, -0.1) is 0 Å². The summed E-state index contributed by atoms with van der Waals surface area (Å²) in [4.78, 5) is -0.178. The Morgan fingerprint density at radius 1 is 1.17 bits per heavy atom. The Kier molecular flexibility index (Phi) is 3.38. The van der Waals surface area contributed by atoms with Gasteiger partial charge in [0.05, 0.1) is 4.90 Å². The normalized spacial score (nSPS) is 10.5. The number of hydrogen-bond donors (Lipinski definition) is 0. The van der Waals surface area contributed by atoms with Crippen molar-refractivity contribution in [3.63, 3.8) is 0 Å². The van der Waals surface area contributed by atoms with Crippen molar-refractivity contribution in [2.45, 2.75) is 11.8 Å². The molecule has 68 valence electrons. The van der Waals surface area contributed by atoms with Crippen LogP contribution in [0.1, 0.15) is 5.56 Å². The number of hydrogen-bond acceptors (Lipinski definition) is 3. The van der Waals surface area contributed by atoms with E-state index in [-0.39, 0.29) is 10.4 Å². The molecule has 0 saturated carbocycles. The zero-order chi connectivity index (χ0) is 8.48. The fraction of sp³-hybridized carbons (Fsp3) is 0.143. The van der Waals surface area contributed by atoms with Crippen molar-refractivity contribution in [3.05, 3.63) is 29.8 Å². The van der Waals surface area contributed by atoms with Gasteiger partial charge in [0.2, 0.25) is 0 Å². The topological polar surface area (TPSA) is 88.7 Å². The smallest absolute Gasteiger partial charge is 0.124 e. The first-order valence-corrected chi connectivity index (χ1v) is 4.43. The maximum atomic E-state index is 10.4. The Hall–Kier alpha value is -0.910. The third kappa shape index (κ3) is 2.61. The first kappa shape index (κ1) is 11.1. The van der Waals surface area contributed by atoms with E-state index in [1.54, 1.807) is 12.1 Å². The standard InChI is InChI=1S/C7H8O3S.H2O/c1-6-2-4-7(5-3-6)11(8,9)10;/h2-5H,1H3,(H,8,9,10);1H2/p-1. The molecule has 0 amide bonds. The Morgan fingerprint density at radius 3 is 1.92 bits per heavy atom. The summed E-state index contributed by atoms with van der Waals surface area (Å²) >= 11 is 0. The van der Waals surface area contributed by atoms with Crippen molar-refractivity contribution in [3.8, 4) is 0 Å². The minimum Gasteiger partial charge on any atom is -0.744 e. The second-order valence-corrected chi connectivity index (χ2v) is 3.65. The molecule has 0 aliphatic carbocycles. The molecule has 0 spiro atoms. The predicted octanol–water partition coefficient (Wildman–Crippen LogP) is 0.0744. The first-order valence-electron chi connectivity index (χ1n) is 3.03. The Morgan fingerprint density at radius 2 is 1.58 bits per heavy atom. The van der Waals surface area contributed by atoms with Crippen molar-refractivity contribution < 1.29 is 18.4 Å². The van der Waals surface area contributed by atoms with Gasteiger partial charge in [-0.25, -0.2) is 8.42 Å². The summed E-state index contributed by atoms with van der Waals surface area (Å²) in [7, 11) is -4.27. The van der Waals surface area contributed by atoms with E-state index in [9.17, 15) is 13.0 Å². The quantitative estimate of drug-likeness (QED) is 0.585. The van der Waals surface area contributed by atoms with Gasteiger partial charge in [0.1, 0.15) is 10.1 Å². The highest BCUT2D eigenvalue weighted by molar-refractivity contribution is 7.85. The molecule has 1 aromatic carbocycles. The average Bonchev–Trinajstić information content (AvgIpc) is 1.86. The highest BCUT2D eigenvalue weighted by Crippen LogP contribution is 2.08. The fourth-order valence-corrected chi connectivity index (χ4v) is 1.17. The van der Waals surface area contributed by atoms with Crippen LogP contribution in [0.5, 0.6) is 0 Å². The minimum atomic E-state index is -4.27. The third-order valence-corrected chi connectivity index (χ3v) is 2.16. The van der Waals surface area contributed by atoms with Crippen molar-refractivity contribution in [2.24, 2.45) is 0 Å². The Labute approximate surface area is 70.9 Å². The second kappa shape index (κ2) is 3.66. The van der Waals surface area contributed by atoms with E-state index < -0.39 is 10.1 Å². The Balaban J connectivity index is 0.00000121. The van der Waals surface area contributed by atoms with Crippen LogP contribution in [0.2, 0.25) is 0 Å². The van der Waals surface area contributed by atoms with Gasteiger partial charge in [-0.3, -0.25) is 0 Å². The van der Waals surface area contributed by atoms with Gasteiger partial charge in [-0.1, -0.05) is 17.7 Å². The lowest BCUT2D eigenvalue weighted by atomic mass is 10.2. The molecule has 0 saturated heterocycles. The fourth-order valence-electron chi connectivity index (χ4n) is 0.705. The molecular formula is C7H9O4S-. The van der Waals surface area contributed by atoms with E-state index in [4.69, 9.17) is 0 Å². The van der Waals surface area contributed by atoms with E-state index in [2.05, 4.69) is 0 Å². The molecule has 0 aromatic heterocycles. The summed E-state index contributed by atoms with van der Waals surface area (Å²) in [6.07, 6.45) is 0. The van der Waals surface area contributed by atoms with Gasteiger partial charge in [0, 0.05) is 0 Å². The van der Waals surface area contributed by atoms with E-state index in [1.165, 1.54) is 12.1 Å². The predicted molar refractivity (Wildman–Crippen MR) is 42.8 cm³/mol. The van der Waals surface area contributed by atoms with Crippen LogP contribution in [-0.2, 0) is 10.1 Å². The lowest BCUT2D eigenvalue weighted by Gasteiger charge is -2.05. The van der Waals surface area contributed by atoms with Gasteiger partial charge in [0.15, 0.2) is 0 Å². The molecule has 0 unspecified atom stereocenters. The zero-order valence-electron chi connectivity index (χ0n) is 6.44. The highest BCUT2D eigenvalue weighted by Gasteiger charge is 1.97. The molecule has 1 aromatic rings. The van der Waals surface area contributed by atoms with Crippen LogP contribution in [0.4, 0.5) is 0 Å². The molecule has 0 atom stereocenters. The molecule has 12 heavy (non-hydrogen) atoms. The number of rotatable bonds is 1. The monoisotopic (exact) mass is 189 g/mol. The van der Waals surface area contributed by atoms with Gasteiger partial charge in [-0.05, 0) is 19.1 Å². The molecular weight excluding hydrogens is 180 g/mol. The van der Waals surface area contributed by atoms with Crippen LogP contribution < -0.4 is 0 Å². The van der Waals surface area contributed by atoms with E-state index in [0.717, 1.165) is 5.56 Å². The molecule has 0 radical (unpaired) electrons. The first-order chi connectivity index (χ1) is 5.00. The average molecular weight is 189 g/mol. The van der Waals surface area contributed by atoms with Gasteiger partial charge in [0.25, 0.3) is 0 Å². The van der Waals surface area contributed by atoms with Crippen LogP contribution in [-0.4, -0.2) is 18.4 Å². The maximum Gasteiger partial charge on any atom is 0.124 e. The SMILES string of the molecule is Cc1ccc(S(=O)(=O)[O-])cc1.O. The largest absolute Gasteiger partial charge is 0.744 e. The zero-order valence-corrected chi connectivity index (χ0v) is 7.26. The summed E-state index contributed by atoms with van der Waals surface area (Å²) in [5, 5.41) is 0. The van der Waals surface area contributed by atoms with Crippen LogP contribution in [0.3, 0.4) is 0 Å². The van der Waals surface area contributed by atoms with Crippen molar-refractivity contribution >= 4 is 10.1 Å². The molecule has 2 N–H and O–H groups in total. The summed E-state index contributed by atoms with van der Waals surface area (Å²) in [5.41, 5.74) is 0.928. The van der Waals surface area contributed by atoms with E-state index in [1.807, 2.05) is 6.92 Å². The number of benzene rings is 1. The van der Waals surface area contributed by atoms with Crippen LogP contribution in [0.25, 0.3) is 0 Å². The summed E-state index contributed by atoms with van der Waals surface area (Å²) in [5.74, 6) is 0. The highest BCUT2D eigenvalue weighted by atomic mass is 32.2. The molecule has 0 bridgehead atoms. The molecule has 0 aliphatic heterocycles. The lowest BCUT2D eigenvalue weighted by molar-refractivity contribution is 0.463. The lowest BCUT2D eigenvalue weighted by Crippen LogP contribution is -1.97.